The first-order chi connectivity index (χ1) is 11.1. The maximum Gasteiger partial charge on any atom is 0.229 e. The fraction of sp³-hybridized carbons (Fsp3) is 0.312. The zero-order valence-electron chi connectivity index (χ0n) is 12.8. The van der Waals surface area contributed by atoms with E-state index in [9.17, 15) is 9.18 Å². The summed E-state index contributed by atoms with van der Waals surface area (Å²) in [6.45, 7) is 2.50. The van der Waals surface area contributed by atoms with Crippen molar-refractivity contribution in [2.24, 2.45) is 0 Å². The van der Waals surface area contributed by atoms with Crippen LogP contribution < -0.4 is 16.0 Å². The fourth-order valence-electron chi connectivity index (χ4n) is 2.67. The number of nitrogen functional groups attached to an aromatic ring is 1. The van der Waals surface area contributed by atoms with Gasteiger partial charge in [0.15, 0.2) is 0 Å². The standard InChI is InChI=1S/C16H18FN5O/c1-2-10-8-19-16(18)21-15(10)20-12-7-14(23)22(9-12)13-5-3-11(17)4-6-13/h3-6,8,12H,2,7,9H2,1H3,(H3,18,19,20,21). The summed E-state index contributed by atoms with van der Waals surface area (Å²) < 4.78 is 13.0. The van der Waals surface area contributed by atoms with Crippen molar-refractivity contribution in [3.63, 3.8) is 0 Å². The molecule has 0 saturated carbocycles. The summed E-state index contributed by atoms with van der Waals surface area (Å²) in [7, 11) is 0. The second kappa shape index (κ2) is 6.20. The molecule has 3 rings (SSSR count). The number of halogens is 1. The van der Waals surface area contributed by atoms with E-state index in [1.54, 1.807) is 23.2 Å². The highest BCUT2D eigenvalue weighted by atomic mass is 19.1. The van der Waals surface area contributed by atoms with Crippen molar-refractivity contribution >= 4 is 23.4 Å². The fourth-order valence-corrected chi connectivity index (χ4v) is 2.67. The summed E-state index contributed by atoms with van der Waals surface area (Å²) in [5, 5.41) is 3.28. The van der Waals surface area contributed by atoms with Crippen LogP contribution in [0.2, 0.25) is 0 Å². The summed E-state index contributed by atoms with van der Waals surface area (Å²) in [6.07, 6.45) is 2.81. The maximum absolute atomic E-state index is 13.0. The van der Waals surface area contributed by atoms with E-state index in [1.807, 2.05) is 6.92 Å². The molecule has 1 unspecified atom stereocenters. The summed E-state index contributed by atoms with van der Waals surface area (Å²) in [5.74, 6) is 0.538. The van der Waals surface area contributed by atoms with Crippen molar-refractivity contribution in [1.29, 1.82) is 0 Å². The number of rotatable bonds is 4. The minimum Gasteiger partial charge on any atom is -0.368 e. The van der Waals surface area contributed by atoms with Crippen LogP contribution in [-0.2, 0) is 11.2 Å². The van der Waals surface area contributed by atoms with Crippen LogP contribution in [0.15, 0.2) is 30.5 Å². The zero-order chi connectivity index (χ0) is 16.4. The molecule has 0 radical (unpaired) electrons. The molecule has 23 heavy (non-hydrogen) atoms. The highest BCUT2D eigenvalue weighted by molar-refractivity contribution is 5.96. The Labute approximate surface area is 133 Å². The molecule has 6 nitrogen and oxygen atoms in total. The number of amides is 1. The lowest BCUT2D eigenvalue weighted by Crippen LogP contribution is -2.28. The molecule has 3 N–H and O–H groups in total. The van der Waals surface area contributed by atoms with Crippen LogP contribution in [0.25, 0.3) is 0 Å². The maximum atomic E-state index is 13.0. The van der Waals surface area contributed by atoms with E-state index in [-0.39, 0.29) is 23.7 Å². The van der Waals surface area contributed by atoms with Crippen molar-refractivity contribution in [3.8, 4) is 0 Å². The molecule has 1 aliphatic heterocycles. The van der Waals surface area contributed by atoms with Crippen LogP contribution in [0.4, 0.5) is 21.8 Å². The number of benzene rings is 1. The molecule has 1 saturated heterocycles. The second-order valence-electron chi connectivity index (χ2n) is 5.48. The van der Waals surface area contributed by atoms with Gasteiger partial charge in [-0.15, -0.1) is 0 Å². The van der Waals surface area contributed by atoms with Gasteiger partial charge >= 0.3 is 0 Å². The average Bonchev–Trinajstić information content (AvgIpc) is 2.89. The van der Waals surface area contributed by atoms with Crippen LogP contribution >= 0.6 is 0 Å². The molecule has 120 valence electrons. The Morgan fingerprint density at radius 1 is 1.39 bits per heavy atom. The van der Waals surface area contributed by atoms with Gasteiger partial charge in [-0.05, 0) is 30.7 Å². The molecule has 1 aromatic carbocycles. The van der Waals surface area contributed by atoms with E-state index < -0.39 is 0 Å². The molecule has 1 fully saturated rings. The first kappa shape index (κ1) is 15.2. The van der Waals surface area contributed by atoms with Gasteiger partial charge in [0, 0.05) is 30.4 Å². The molecular weight excluding hydrogens is 297 g/mol. The third-order valence-corrected chi connectivity index (χ3v) is 3.87. The number of nitrogens with zero attached hydrogens (tertiary/aromatic N) is 3. The van der Waals surface area contributed by atoms with E-state index in [0.717, 1.165) is 12.0 Å². The number of nitrogens with two attached hydrogens (primary N) is 1. The molecule has 2 heterocycles. The molecule has 2 aromatic rings. The Bertz CT molecular complexity index is 719. The van der Waals surface area contributed by atoms with Crippen molar-refractivity contribution in [1.82, 2.24) is 9.97 Å². The third kappa shape index (κ3) is 3.23. The average molecular weight is 315 g/mol. The topological polar surface area (TPSA) is 84.1 Å². The minimum absolute atomic E-state index is 0.00538. The second-order valence-corrected chi connectivity index (χ2v) is 5.48. The number of carbonyl (C=O) groups is 1. The Morgan fingerprint density at radius 2 is 2.13 bits per heavy atom. The van der Waals surface area contributed by atoms with Gasteiger partial charge in [0.05, 0.1) is 6.04 Å². The number of anilines is 3. The van der Waals surface area contributed by atoms with Crippen LogP contribution in [-0.4, -0.2) is 28.5 Å². The molecule has 0 bridgehead atoms. The summed E-state index contributed by atoms with van der Waals surface area (Å²) in [6, 6.07) is 5.84. The quantitative estimate of drug-likeness (QED) is 0.901. The van der Waals surface area contributed by atoms with Gasteiger partial charge < -0.3 is 16.0 Å². The van der Waals surface area contributed by atoms with Gasteiger partial charge in [-0.1, -0.05) is 6.92 Å². The lowest BCUT2D eigenvalue weighted by molar-refractivity contribution is -0.117. The van der Waals surface area contributed by atoms with Crippen molar-refractivity contribution in [2.75, 3.05) is 22.5 Å². The summed E-state index contributed by atoms with van der Waals surface area (Å²) >= 11 is 0. The van der Waals surface area contributed by atoms with Gasteiger partial charge in [0.1, 0.15) is 11.6 Å². The van der Waals surface area contributed by atoms with Crippen LogP contribution in [0.5, 0.6) is 0 Å². The minimum atomic E-state index is -0.320. The first-order valence-electron chi connectivity index (χ1n) is 7.50. The number of aryl methyl sites for hydroxylation is 1. The van der Waals surface area contributed by atoms with Gasteiger partial charge in [0.2, 0.25) is 11.9 Å². The zero-order valence-corrected chi connectivity index (χ0v) is 12.8. The van der Waals surface area contributed by atoms with E-state index >= 15 is 0 Å². The smallest absolute Gasteiger partial charge is 0.229 e. The lowest BCUT2D eigenvalue weighted by Gasteiger charge is -2.18. The third-order valence-electron chi connectivity index (χ3n) is 3.87. The van der Waals surface area contributed by atoms with E-state index in [1.165, 1.54) is 12.1 Å². The van der Waals surface area contributed by atoms with Gasteiger partial charge in [-0.2, -0.15) is 4.98 Å². The van der Waals surface area contributed by atoms with Crippen molar-refractivity contribution in [2.45, 2.75) is 25.8 Å². The molecule has 1 aromatic heterocycles. The molecule has 1 aliphatic rings. The van der Waals surface area contributed by atoms with Crippen molar-refractivity contribution in [3.05, 3.63) is 41.8 Å². The Hall–Kier alpha value is -2.70. The number of aromatic nitrogens is 2. The van der Waals surface area contributed by atoms with E-state index in [2.05, 4.69) is 15.3 Å². The molecule has 7 heteroatoms. The first-order valence-corrected chi connectivity index (χ1v) is 7.50. The Kier molecular flexibility index (Phi) is 4.10. The highest BCUT2D eigenvalue weighted by Crippen LogP contribution is 2.24. The van der Waals surface area contributed by atoms with Crippen LogP contribution in [0, 0.1) is 5.82 Å². The van der Waals surface area contributed by atoms with Gasteiger partial charge in [-0.25, -0.2) is 9.37 Å². The van der Waals surface area contributed by atoms with Crippen molar-refractivity contribution < 1.29 is 9.18 Å². The predicted octanol–water partition coefficient (Wildman–Crippen LogP) is 1.98. The summed E-state index contributed by atoms with van der Waals surface area (Å²) in [4.78, 5) is 22.1. The van der Waals surface area contributed by atoms with Crippen LogP contribution in [0.3, 0.4) is 0 Å². The van der Waals surface area contributed by atoms with Crippen LogP contribution in [0.1, 0.15) is 18.9 Å². The number of hydrogen-bond acceptors (Lipinski definition) is 5. The molecule has 0 aliphatic carbocycles. The Morgan fingerprint density at radius 3 is 2.83 bits per heavy atom. The van der Waals surface area contributed by atoms with Gasteiger partial charge in [0.25, 0.3) is 0 Å². The van der Waals surface area contributed by atoms with Gasteiger partial charge in [-0.3, -0.25) is 4.79 Å². The lowest BCUT2D eigenvalue weighted by atomic mass is 10.2. The Balaban J connectivity index is 1.75. The number of hydrogen-bond donors (Lipinski definition) is 2. The SMILES string of the molecule is CCc1cnc(N)nc1NC1CC(=O)N(c2ccc(F)cc2)C1. The molecular formula is C16H18FN5O. The monoisotopic (exact) mass is 315 g/mol. The summed E-state index contributed by atoms with van der Waals surface area (Å²) in [5.41, 5.74) is 7.29. The number of carbonyl (C=O) groups excluding carboxylic acids is 1. The largest absolute Gasteiger partial charge is 0.368 e. The highest BCUT2D eigenvalue weighted by Gasteiger charge is 2.31. The molecule has 1 atom stereocenters. The predicted molar refractivity (Wildman–Crippen MR) is 86.6 cm³/mol. The molecule has 1 amide bonds. The number of nitrogens with one attached hydrogen (secondary N) is 1. The normalized spacial score (nSPS) is 17.6. The van der Waals surface area contributed by atoms with E-state index in [4.69, 9.17) is 5.73 Å². The molecule has 0 spiro atoms. The van der Waals surface area contributed by atoms with E-state index in [0.29, 0.717) is 24.5 Å².